The van der Waals surface area contributed by atoms with Crippen molar-refractivity contribution in [2.75, 3.05) is 13.7 Å². The number of carbonyl (C=O) groups is 9. The van der Waals surface area contributed by atoms with Crippen LogP contribution in [0, 0.1) is 0 Å². The minimum absolute atomic E-state index is 0.0305. The van der Waals surface area contributed by atoms with E-state index >= 15 is 0 Å². The number of amides is 2. The number of hydrogen-bond donors (Lipinski definition) is 0. The van der Waals surface area contributed by atoms with Crippen LogP contribution in [0.5, 0.6) is 0 Å². The summed E-state index contributed by atoms with van der Waals surface area (Å²) in [4.78, 5) is 118. The largest absolute Gasteiger partial charge is 0.467 e. The van der Waals surface area contributed by atoms with Crippen molar-refractivity contribution >= 4 is 53.6 Å². The summed E-state index contributed by atoms with van der Waals surface area (Å²) in [6.45, 7) is 5.10. The highest BCUT2D eigenvalue weighted by molar-refractivity contribution is 6.20. The Morgan fingerprint density at radius 1 is 0.574 bits per heavy atom. The fraction of sp³-hybridized carbons (Fsp3) is 0.545. The fourth-order valence-corrected chi connectivity index (χ4v) is 5.84. The Balaban J connectivity index is 1.75. The number of imide groups is 1. The summed E-state index contributed by atoms with van der Waals surface area (Å²) < 4.78 is 54.6. The van der Waals surface area contributed by atoms with Gasteiger partial charge in [0.15, 0.2) is 49.0 Å². The first-order valence-electron chi connectivity index (χ1n) is 16.1. The smallest absolute Gasteiger partial charge is 0.339 e. The second-order valence-corrected chi connectivity index (χ2v) is 11.8. The lowest BCUT2D eigenvalue weighted by atomic mass is 9.97. The Bertz CT molecular complexity index is 1640. The summed E-state index contributed by atoms with van der Waals surface area (Å²) in [6.07, 6.45) is -17.8. The number of benzene rings is 1. The van der Waals surface area contributed by atoms with Crippen LogP contribution >= 0.6 is 0 Å². The monoisotopic (exact) mass is 767 g/mol. The molecule has 21 heteroatoms. The van der Waals surface area contributed by atoms with Gasteiger partial charge in [-0.2, -0.15) is 0 Å². The zero-order valence-electron chi connectivity index (χ0n) is 29.9. The van der Waals surface area contributed by atoms with E-state index in [0.717, 1.165) is 48.7 Å². The first-order valence-corrected chi connectivity index (χ1v) is 16.1. The summed E-state index contributed by atoms with van der Waals surface area (Å²) in [6, 6.07) is 5.72. The van der Waals surface area contributed by atoms with Gasteiger partial charge in [0.05, 0.1) is 24.8 Å². The number of hydroxylamine groups is 2. The van der Waals surface area contributed by atoms with Crippen molar-refractivity contribution in [1.82, 2.24) is 5.06 Å². The second kappa shape index (κ2) is 17.5. The Morgan fingerprint density at radius 2 is 0.981 bits per heavy atom. The highest BCUT2D eigenvalue weighted by Gasteiger charge is 2.58. The van der Waals surface area contributed by atoms with E-state index in [1.807, 2.05) is 0 Å². The van der Waals surface area contributed by atoms with E-state index in [2.05, 4.69) is 0 Å². The van der Waals surface area contributed by atoms with Gasteiger partial charge in [0.2, 0.25) is 6.29 Å². The SMILES string of the molecule is COC(=O)C1O[C@@H](OC[C@H]2O[C@@H](ON3C(=O)c4ccccc4C3=O)[C@H](OC(C)=O)[C@@H](OC(C)=O)[C@H]2OC(C)=O)[C@H](OC(C)=O)[C@@H](OC(C)=O)[C@@H]1OC(C)=O. The third-order valence-electron chi connectivity index (χ3n) is 7.72. The van der Waals surface area contributed by atoms with Gasteiger partial charge in [-0.25, -0.2) is 9.63 Å². The third kappa shape index (κ3) is 9.53. The van der Waals surface area contributed by atoms with Crippen LogP contribution in [0.2, 0.25) is 0 Å². The first kappa shape index (κ1) is 41.2. The topological polar surface area (TPSA) is 258 Å². The van der Waals surface area contributed by atoms with Gasteiger partial charge in [-0.1, -0.05) is 12.1 Å². The van der Waals surface area contributed by atoms with Crippen molar-refractivity contribution in [2.45, 2.75) is 103 Å². The molecule has 21 nitrogen and oxygen atoms in total. The summed E-state index contributed by atoms with van der Waals surface area (Å²) in [5.74, 6) is -8.75. The van der Waals surface area contributed by atoms with Gasteiger partial charge in [0.25, 0.3) is 11.8 Å². The normalized spacial score (nSPS) is 28.9. The third-order valence-corrected chi connectivity index (χ3v) is 7.72. The Morgan fingerprint density at radius 3 is 1.44 bits per heavy atom. The van der Waals surface area contributed by atoms with E-state index in [9.17, 15) is 43.2 Å². The van der Waals surface area contributed by atoms with Crippen LogP contribution in [-0.2, 0) is 85.8 Å². The predicted molar refractivity (Wildman–Crippen MR) is 167 cm³/mol. The van der Waals surface area contributed by atoms with Crippen LogP contribution in [0.1, 0.15) is 62.3 Å². The number of nitrogens with zero attached hydrogens (tertiary/aromatic N) is 1. The maximum absolute atomic E-state index is 13.2. The number of fused-ring (bicyclic) bond motifs is 1. The van der Waals surface area contributed by atoms with E-state index in [1.54, 1.807) is 0 Å². The highest BCUT2D eigenvalue weighted by atomic mass is 16.8. The van der Waals surface area contributed by atoms with E-state index < -0.39 is 122 Å². The number of hydrogen-bond acceptors (Lipinski definition) is 20. The van der Waals surface area contributed by atoms with Crippen LogP contribution in [0.3, 0.4) is 0 Å². The predicted octanol–water partition coefficient (Wildman–Crippen LogP) is -0.556. The molecule has 10 atom stereocenters. The fourth-order valence-electron chi connectivity index (χ4n) is 5.84. The average molecular weight is 768 g/mol. The maximum atomic E-state index is 13.2. The molecular formula is C33H37NO20. The molecule has 294 valence electrons. The van der Waals surface area contributed by atoms with Crippen LogP contribution in [0.15, 0.2) is 24.3 Å². The number of ether oxygens (including phenoxy) is 10. The standard InChI is InChI=1S/C33H37NO20/c1-13(35)46-22-21(12-45-32-27(50-17(5)39)25(49-16(4)38)24(48-15(3)37)26(53-32)31(43)44-7)52-33(28(51-18(6)40)23(22)47-14(2)36)54-34-29(41)19-10-8-9-11-20(19)30(34)42/h8-11,21-28,32-33H,12H2,1-7H3/t21-,22+,23+,24+,25+,26?,27-,28-,32-,33+/m1/s1. The van der Waals surface area contributed by atoms with E-state index in [0.29, 0.717) is 5.06 Å². The molecule has 2 amide bonds. The Labute approximate surface area is 306 Å². The van der Waals surface area contributed by atoms with E-state index in [4.69, 9.17) is 52.2 Å². The van der Waals surface area contributed by atoms with Gasteiger partial charge in [0.1, 0.15) is 6.10 Å². The lowest BCUT2D eigenvalue weighted by molar-refractivity contribution is -0.352. The minimum Gasteiger partial charge on any atom is -0.467 e. The molecule has 4 rings (SSSR count). The number of methoxy groups -OCH3 is 1. The van der Waals surface area contributed by atoms with Gasteiger partial charge in [-0.05, 0) is 12.1 Å². The molecule has 2 saturated heterocycles. The van der Waals surface area contributed by atoms with Crippen LogP contribution < -0.4 is 0 Å². The number of carbonyl (C=O) groups excluding carboxylic acids is 9. The lowest BCUT2D eigenvalue weighted by Crippen LogP contribution is -2.65. The number of esters is 7. The molecule has 2 fully saturated rings. The molecule has 0 aliphatic carbocycles. The molecule has 0 radical (unpaired) electrons. The number of rotatable bonds is 12. The summed E-state index contributed by atoms with van der Waals surface area (Å²) in [5, 5.41) is 0.335. The van der Waals surface area contributed by atoms with Gasteiger partial charge >= 0.3 is 41.8 Å². The van der Waals surface area contributed by atoms with E-state index in [-0.39, 0.29) is 11.1 Å². The Kier molecular flexibility index (Phi) is 13.4. The molecule has 1 aromatic rings. The van der Waals surface area contributed by atoms with Crippen molar-refractivity contribution in [3.8, 4) is 0 Å². The van der Waals surface area contributed by atoms with Crippen molar-refractivity contribution in [3.05, 3.63) is 35.4 Å². The maximum Gasteiger partial charge on any atom is 0.339 e. The molecule has 0 bridgehead atoms. The molecule has 0 spiro atoms. The summed E-state index contributed by atoms with van der Waals surface area (Å²) in [5.41, 5.74) is -0.0610. The molecule has 0 aromatic heterocycles. The molecule has 3 aliphatic heterocycles. The molecule has 1 unspecified atom stereocenters. The van der Waals surface area contributed by atoms with Gasteiger partial charge in [0, 0.05) is 41.5 Å². The second-order valence-electron chi connectivity index (χ2n) is 11.8. The van der Waals surface area contributed by atoms with Gasteiger partial charge in [-0.15, -0.1) is 5.06 Å². The molecule has 1 aromatic carbocycles. The van der Waals surface area contributed by atoms with Crippen molar-refractivity contribution in [1.29, 1.82) is 0 Å². The summed E-state index contributed by atoms with van der Waals surface area (Å²) in [7, 11) is 0.980. The van der Waals surface area contributed by atoms with Gasteiger partial charge in [-0.3, -0.25) is 38.4 Å². The molecule has 54 heavy (non-hydrogen) atoms. The minimum atomic E-state index is -1.96. The Hall–Kier alpha value is -5.51. The molecule has 3 aliphatic rings. The quantitative estimate of drug-likeness (QED) is 0.147. The van der Waals surface area contributed by atoms with Gasteiger partial charge < -0.3 is 47.4 Å². The van der Waals surface area contributed by atoms with E-state index in [1.165, 1.54) is 24.3 Å². The molecular weight excluding hydrogens is 730 g/mol. The van der Waals surface area contributed by atoms with Crippen molar-refractivity contribution in [2.24, 2.45) is 0 Å². The van der Waals surface area contributed by atoms with Crippen LogP contribution in [0.4, 0.5) is 0 Å². The van der Waals surface area contributed by atoms with Crippen LogP contribution in [-0.4, -0.2) is 134 Å². The highest BCUT2D eigenvalue weighted by Crippen LogP contribution is 2.35. The zero-order chi connectivity index (χ0) is 40.0. The van der Waals surface area contributed by atoms with Crippen LogP contribution in [0.25, 0.3) is 0 Å². The zero-order valence-corrected chi connectivity index (χ0v) is 29.9. The van der Waals surface area contributed by atoms with Crippen molar-refractivity contribution < 1.29 is 95.4 Å². The lowest BCUT2D eigenvalue weighted by Gasteiger charge is -2.46. The summed E-state index contributed by atoms with van der Waals surface area (Å²) >= 11 is 0. The average Bonchev–Trinajstić information content (AvgIpc) is 3.31. The molecule has 3 heterocycles. The molecule has 0 N–H and O–H groups in total. The van der Waals surface area contributed by atoms with Crippen molar-refractivity contribution in [3.63, 3.8) is 0 Å². The first-order chi connectivity index (χ1) is 25.4. The molecule has 0 saturated carbocycles.